The van der Waals surface area contributed by atoms with Crippen molar-refractivity contribution in [3.05, 3.63) is 65.7 Å². The fourth-order valence-corrected chi connectivity index (χ4v) is 7.12. The third-order valence-corrected chi connectivity index (χ3v) is 10.2. The summed E-state index contributed by atoms with van der Waals surface area (Å²) in [6.45, 7) is 6.50. The van der Waals surface area contributed by atoms with Crippen molar-refractivity contribution >= 4 is 35.7 Å². The number of nitrogens with zero attached hydrogens (tertiary/aromatic N) is 2. The van der Waals surface area contributed by atoms with Crippen molar-refractivity contribution < 1.29 is 33.4 Å². The number of amides is 5. The van der Waals surface area contributed by atoms with E-state index in [9.17, 15) is 24.0 Å². The van der Waals surface area contributed by atoms with Crippen LogP contribution in [0.25, 0.3) is 0 Å². The largest absolute Gasteiger partial charge is 0.399 e. The molecule has 2 aromatic carbocycles. The van der Waals surface area contributed by atoms with Gasteiger partial charge in [0.1, 0.15) is 0 Å². The second kappa shape index (κ2) is 21.1. The number of ether oxygens (including phenoxy) is 2. The summed E-state index contributed by atoms with van der Waals surface area (Å²) in [6.07, 6.45) is 1.99. The topological polar surface area (TPSA) is 172 Å². The summed E-state index contributed by atoms with van der Waals surface area (Å²) in [6, 6.07) is 15.7. The molecule has 0 saturated carbocycles. The number of carbonyl (C=O) groups excluding carboxylic acids is 5. The van der Waals surface area contributed by atoms with E-state index in [1.165, 1.54) is 7.11 Å². The summed E-state index contributed by atoms with van der Waals surface area (Å²) >= 11 is 0. The number of methoxy groups -OCH3 is 2. The molecule has 0 aromatic heterocycles. The number of likely N-dealkylation sites (tertiary alicyclic amines) is 1. The van der Waals surface area contributed by atoms with Crippen molar-refractivity contribution in [1.29, 1.82) is 0 Å². The lowest BCUT2D eigenvalue weighted by Crippen LogP contribution is -2.54. The van der Waals surface area contributed by atoms with Crippen LogP contribution in [-0.2, 0) is 46.4 Å². The smallest absolute Gasteiger partial charge is 0.242 e. The third-order valence-electron chi connectivity index (χ3n) is 10.2. The van der Waals surface area contributed by atoms with Gasteiger partial charge in [0.15, 0.2) is 0 Å². The molecule has 1 fully saturated rings. The van der Waals surface area contributed by atoms with Gasteiger partial charge in [0, 0.05) is 52.5 Å². The lowest BCUT2D eigenvalue weighted by molar-refractivity contribution is -0.145. The van der Waals surface area contributed by atoms with Crippen molar-refractivity contribution in [3.8, 4) is 0 Å². The standard InChI is InChI=1S/C39H58N6O7/c1-7-26(2)37(44(4)36(49)24-41-25-46)33(51-5)22-35(48)45-19-11-14-32(45)38(52-6)27(3)39(50)43-31(20-28-12-9-8-10-13-28)21-34(47)42-23-29-15-17-30(40)18-16-29/h8-10,12-13,15-18,25-27,31-33,37-38H,7,11,14,19-24,40H2,1-6H3,(H,41,46)(H,42,47)(H,43,50). The second-order valence-corrected chi connectivity index (χ2v) is 13.8. The third kappa shape index (κ3) is 12.0. The van der Waals surface area contributed by atoms with Gasteiger partial charge in [-0.05, 0) is 48.4 Å². The molecule has 13 heteroatoms. The molecule has 7 unspecified atom stereocenters. The van der Waals surface area contributed by atoms with Gasteiger partial charge in [-0.2, -0.15) is 0 Å². The number of carbonyl (C=O) groups is 5. The van der Waals surface area contributed by atoms with Crippen LogP contribution in [0.1, 0.15) is 64.0 Å². The lowest BCUT2D eigenvalue weighted by atomic mass is 9.90. The highest BCUT2D eigenvalue weighted by molar-refractivity contribution is 5.82. The van der Waals surface area contributed by atoms with Gasteiger partial charge in [-0.1, -0.05) is 69.7 Å². The number of nitrogens with one attached hydrogen (secondary N) is 3. The predicted molar refractivity (Wildman–Crippen MR) is 200 cm³/mol. The van der Waals surface area contributed by atoms with Gasteiger partial charge in [0.05, 0.1) is 43.2 Å². The Morgan fingerprint density at radius 3 is 2.31 bits per heavy atom. The number of hydrogen-bond acceptors (Lipinski definition) is 8. The normalized spacial score (nSPS) is 17.6. The van der Waals surface area contributed by atoms with Crippen molar-refractivity contribution in [3.63, 3.8) is 0 Å². The van der Waals surface area contributed by atoms with Crippen molar-refractivity contribution in [1.82, 2.24) is 25.8 Å². The van der Waals surface area contributed by atoms with Crippen molar-refractivity contribution in [2.45, 2.75) is 96.2 Å². The van der Waals surface area contributed by atoms with Gasteiger partial charge in [-0.25, -0.2) is 0 Å². The van der Waals surface area contributed by atoms with Crippen LogP contribution >= 0.6 is 0 Å². The molecule has 52 heavy (non-hydrogen) atoms. The Bertz CT molecular complexity index is 1440. The summed E-state index contributed by atoms with van der Waals surface area (Å²) in [5, 5.41) is 8.47. The van der Waals surface area contributed by atoms with Crippen LogP contribution in [-0.4, -0.2) is 105 Å². The summed E-state index contributed by atoms with van der Waals surface area (Å²) in [5.41, 5.74) is 8.33. The number of likely N-dealkylation sites (N-methyl/N-ethyl adjacent to an activating group) is 1. The first-order chi connectivity index (χ1) is 24.9. The molecule has 3 rings (SSSR count). The minimum Gasteiger partial charge on any atom is -0.399 e. The fourth-order valence-electron chi connectivity index (χ4n) is 7.12. The number of benzene rings is 2. The van der Waals surface area contributed by atoms with E-state index >= 15 is 0 Å². The first kappa shape index (κ1) is 41.9. The van der Waals surface area contributed by atoms with Crippen LogP contribution in [0.5, 0.6) is 0 Å². The average molecular weight is 723 g/mol. The highest BCUT2D eigenvalue weighted by Crippen LogP contribution is 2.29. The van der Waals surface area contributed by atoms with E-state index < -0.39 is 30.2 Å². The second-order valence-electron chi connectivity index (χ2n) is 13.8. The molecule has 1 saturated heterocycles. The van der Waals surface area contributed by atoms with Gasteiger partial charge in [-0.3, -0.25) is 24.0 Å². The van der Waals surface area contributed by atoms with E-state index in [0.717, 1.165) is 24.0 Å². The van der Waals surface area contributed by atoms with Crippen LogP contribution in [0.4, 0.5) is 5.69 Å². The monoisotopic (exact) mass is 722 g/mol. The Morgan fingerprint density at radius 1 is 1.00 bits per heavy atom. The Hall–Kier alpha value is -4.49. The maximum absolute atomic E-state index is 14.0. The maximum Gasteiger partial charge on any atom is 0.242 e. The molecule has 0 radical (unpaired) electrons. The van der Waals surface area contributed by atoms with Crippen LogP contribution in [0.15, 0.2) is 54.6 Å². The van der Waals surface area contributed by atoms with Crippen molar-refractivity contribution in [2.75, 3.05) is 40.1 Å². The number of rotatable bonds is 21. The molecule has 0 aliphatic carbocycles. The number of nitrogen functional groups attached to an aromatic ring is 1. The van der Waals surface area contributed by atoms with Crippen LogP contribution in [0, 0.1) is 11.8 Å². The zero-order valence-electron chi connectivity index (χ0n) is 31.5. The molecule has 5 amide bonds. The van der Waals surface area contributed by atoms with E-state index in [0.29, 0.717) is 38.0 Å². The fraction of sp³-hybridized carbons (Fsp3) is 0.564. The molecule has 286 valence electrons. The molecule has 5 N–H and O–H groups in total. The predicted octanol–water partition coefficient (Wildman–Crippen LogP) is 2.67. The SMILES string of the molecule is CCC(C)C(C(CC(=O)N1CCCC1C(OC)C(C)C(=O)NC(CC(=O)NCc1ccc(N)cc1)Cc1ccccc1)OC)N(C)C(=O)CNC=O. The lowest BCUT2D eigenvalue weighted by Gasteiger charge is -2.39. The van der Waals surface area contributed by atoms with E-state index in [1.54, 1.807) is 43.0 Å². The number of nitrogens with two attached hydrogens (primary N) is 1. The molecule has 0 bridgehead atoms. The summed E-state index contributed by atoms with van der Waals surface area (Å²) in [5.74, 6) is -1.53. The Labute approximate surface area is 308 Å². The quantitative estimate of drug-likeness (QED) is 0.113. The number of anilines is 1. The Kier molecular flexibility index (Phi) is 17.0. The molecular formula is C39H58N6O7. The highest BCUT2D eigenvalue weighted by atomic mass is 16.5. The van der Waals surface area contributed by atoms with Crippen LogP contribution < -0.4 is 21.7 Å². The molecule has 0 spiro atoms. The minimum absolute atomic E-state index is 0.0105. The average Bonchev–Trinajstić information content (AvgIpc) is 3.63. The van der Waals surface area contributed by atoms with E-state index in [4.69, 9.17) is 15.2 Å². The molecule has 2 aromatic rings. The van der Waals surface area contributed by atoms with Gasteiger partial charge in [0.2, 0.25) is 30.0 Å². The summed E-state index contributed by atoms with van der Waals surface area (Å²) < 4.78 is 11.8. The van der Waals surface area contributed by atoms with E-state index in [1.807, 2.05) is 56.3 Å². The first-order valence-corrected chi connectivity index (χ1v) is 18.2. The highest BCUT2D eigenvalue weighted by Gasteiger charge is 2.42. The van der Waals surface area contributed by atoms with Gasteiger partial charge >= 0.3 is 0 Å². The first-order valence-electron chi connectivity index (χ1n) is 18.2. The molecule has 7 atom stereocenters. The van der Waals surface area contributed by atoms with E-state index in [-0.39, 0.29) is 55.0 Å². The zero-order chi connectivity index (χ0) is 38.2. The van der Waals surface area contributed by atoms with Gasteiger partial charge in [-0.15, -0.1) is 0 Å². The van der Waals surface area contributed by atoms with Crippen LogP contribution in [0.2, 0.25) is 0 Å². The maximum atomic E-state index is 14.0. The molecule has 1 aliphatic rings. The molecule has 13 nitrogen and oxygen atoms in total. The van der Waals surface area contributed by atoms with Crippen LogP contribution in [0.3, 0.4) is 0 Å². The molecule has 1 aliphatic heterocycles. The molecule has 1 heterocycles. The summed E-state index contributed by atoms with van der Waals surface area (Å²) in [4.78, 5) is 68.0. The Morgan fingerprint density at radius 2 is 1.69 bits per heavy atom. The minimum atomic E-state index is -0.639. The van der Waals surface area contributed by atoms with Gasteiger partial charge in [0.25, 0.3) is 0 Å². The van der Waals surface area contributed by atoms with E-state index in [2.05, 4.69) is 16.0 Å². The molecular weight excluding hydrogens is 664 g/mol. The van der Waals surface area contributed by atoms with Gasteiger partial charge < -0.3 is 41.0 Å². The zero-order valence-corrected chi connectivity index (χ0v) is 31.5. The summed E-state index contributed by atoms with van der Waals surface area (Å²) in [7, 11) is 4.74. The Balaban J connectivity index is 1.72. The number of hydrogen-bond donors (Lipinski definition) is 4. The van der Waals surface area contributed by atoms with Crippen molar-refractivity contribution in [2.24, 2.45) is 11.8 Å².